The van der Waals surface area contributed by atoms with Gasteiger partial charge in [-0.2, -0.15) is 0 Å². The molecule has 0 bridgehead atoms. The van der Waals surface area contributed by atoms with E-state index >= 15 is 0 Å². The van der Waals surface area contributed by atoms with Gasteiger partial charge in [-0.3, -0.25) is 19.3 Å². The summed E-state index contributed by atoms with van der Waals surface area (Å²) in [6.07, 6.45) is 1.36. The average molecular weight is 256 g/mol. The van der Waals surface area contributed by atoms with Crippen molar-refractivity contribution in [3.05, 3.63) is 0 Å². The summed E-state index contributed by atoms with van der Waals surface area (Å²) in [5.74, 6) is -0.899. The van der Waals surface area contributed by atoms with E-state index in [1.54, 1.807) is 0 Å². The lowest BCUT2D eigenvalue weighted by atomic mass is 10.1. The van der Waals surface area contributed by atoms with Crippen LogP contribution in [-0.4, -0.2) is 41.9 Å². The zero-order valence-corrected chi connectivity index (χ0v) is 10.8. The Morgan fingerprint density at radius 2 is 1.89 bits per heavy atom. The standard InChI is InChI=1S/C12H20N2O4/c1-8(2)11(13)12(17)18-7-6-14-9(15)4-3-5-10(14)16/h8,11H,3-7,13H2,1-2H3/t11-/m0/s1. The van der Waals surface area contributed by atoms with Gasteiger partial charge in [-0.15, -0.1) is 0 Å². The number of amides is 2. The molecule has 0 aromatic rings. The van der Waals surface area contributed by atoms with Gasteiger partial charge in [0.25, 0.3) is 0 Å². The second-order valence-electron chi connectivity index (χ2n) is 4.73. The zero-order valence-electron chi connectivity index (χ0n) is 10.8. The van der Waals surface area contributed by atoms with Gasteiger partial charge in [0, 0.05) is 12.8 Å². The molecular weight excluding hydrogens is 236 g/mol. The molecule has 0 unspecified atom stereocenters. The summed E-state index contributed by atoms with van der Waals surface area (Å²) < 4.78 is 4.95. The van der Waals surface area contributed by atoms with Crippen molar-refractivity contribution < 1.29 is 19.1 Å². The van der Waals surface area contributed by atoms with E-state index in [4.69, 9.17) is 10.5 Å². The first kappa shape index (κ1) is 14.6. The van der Waals surface area contributed by atoms with Crippen LogP contribution in [0.5, 0.6) is 0 Å². The lowest BCUT2D eigenvalue weighted by Gasteiger charge is -2.24. The Morgan fingerprint density at radius 3 is 2.39 bits per heavy atom. The predicted molar refractivity (Wildman–Crippen MR) is 64.3 cm³/mol. The quantitative estimate of drug-likeness (QED) is 0.554. The molecule has 0 aromatic carbocycles. The van der Waals surface area contributed by atoms with Gasteiger partial charge < -0.3 is 10.5 Å². The number of esters is 1. The molecule has 6 heteroatoms. The molecule has 0 spiro atoms. The number of piperidine rings is 1. The fraction of sp³-hybridized carbons (Fsp3) is 0.750. The van der Waals surface area contributed by atoms with Gasteiger partial charge in [-0.25, -0.2) is 0 Å². The van der Waals surface area contributed by atoms with Gasteiger partial charge in [-0.05, 0) is 12.3 Å². The van der Waals surface area contributed by atoms with Crippen molar-refractivity contribution in [3.63, 3.8) is 0 Å². The van der Waals surface area contributed by atoms with Gasteiger partial charge in [0.05, 0.1) is 6.54 Å². The molecule has 1 fully saturated rings. The summed E-state index contributed by atoms with van der Waals surface area (Å²) in [5, 5.41) is 0. The van der Waals surface area contributed by atoms with Gasteiger partial charge in [0.15, 0.2) is 0 Å². The van der Waals surface area contributed by atoms with Gasteiger partial charge in [0.2, 0.25) is 11.8 Å². The van der Waals surface area contributed by atoms with Crippen LogP contribution in [0.15, 0.2) is 0 Å². The van der Waals surface area contributed by atoms with E-state index in [0.29, 0.717) is 19.3 Å². The molecule has 6 nitrogen and oxygen atoms in total. The molecule has 0 aromatic heterocycles. The van der Waals surface area contributed by atoms with E-state index in [2.05, 4.69) is 0 Å². The van der Waals surface area contributed by atoms with Crippen LogP contribution in [-0.2, 0) is 19.1 Å². The Morgan fingerprint density at radius 1 is 1.33 bits per heavy atom. The first-order chi connectivity index (χ1) is 8.43. The van der Waals surface area contributed by atoms with Crippen molar-refractivity contribution in [1.29, 1.82) is 0 Å². The molecule has 102 valence electrons. The topological polar surface area (TPSA) is 89.7 Å². The third kappa shape index (κ3) is 3.80. The first-order valence-corrected chi connectivity index (χ1v) is 6.19. The minimum atomic E-state index is -0.669. The molecule has 18 heavy (non-hydrogen) atoms. The van der Waals surface area contributed by atoms with Crippen LogP contribution >= 0.6 is 0 Å². The molecule has 1 heterocycles. The number of carbonyl (C=O) groups excluding carboxylic acids is 3. The monoisotopic (exact) mass is 256 g/mol. The summed E-state index contributed by atoms with van der Waals surface area (Å²) in [6, 6.07) is -0.669. The average Bonchev–Trinajstić information content (AvgIpc) is 2.31. The second-order valence-corrected chi connectivity index (χ2v) is 4.73. The van der Waals surface area contributed by atoms with Crippen LogP contribution in [0.3, 0.4) is 0 Å². The maximum absolute atomic E-state index is 11.5. The number of nitrogens with zero attached hydrogens (tertiary/aromatic N) is 1. The van der Waals surface area contributed by atoms with Crippen LogP contribution < -0.4 is 5.73 Å². The van der Waals surface area contributed by atoms with E-state index in [-0.39, 0.29) is 30.9 Å². The van der Waals surface area contributed by atoms with Crippen molar-refractivity contribution in [2.45, 2.75) is 39.2 Å². The minimum Gasteiger partial charge on any atom is -0.463 e. The molecule has 0 aliphatic carbocycles. The lowest BCUT2D eigenvalue weighted by Crippen LogP contribution is -2.43. The smallest absolute Gasteiger partial charge is 0.323 e. The highest BCUT2D eigenvalue weighted by Crippen LogP contribution is 2.11. The molecular formula is C12H20N2O4. The number of rotatable bonds is 5. The SMILES string of the molecule is CC(C)[C@H](N)C(=O)OCCN1C(=O)CCCC1=O. The van der Waals surface area contributed by atoms with Crippen molar-refractivity contribution in [1.82, 2.24) is 4.90 Å². The van der Waals surface area contributed by atoms with Crippen molar-refractivity contribution >= 4 is 17.8 Å². The molecule has 2 amide bonds. The Kier molecular flexibility index (Phi) is 5.27. The highest BCUT2D eigenvalue weighted by atomic mass is 16.5. The molecule has 1 rings (SSSR count). The maximum Gasteiger partial charge on any atom is 0.323 e. The van der Waals surface area contributed by atoms with Crippen LogP contribution in [0.2, 0.25) is 0 Å². The van der Waals surface area contributed by atoms with Crippen molar-refractivity contribution in [2.24, 2.45) is 11.7 Å². The molecule has 2 N–H and O–H groups in total. The third-order valence-electron chi connectivity index (χ3n) is 2.93. The Labute approximate surface area is 106 Å². The summed E-state index contributed by atoms with van der Waals surface area (Å²) in [7, 11) is 0. The minimum absolute atomic E-state index is 0.00393. The maximum atomic E-state index is 11.5. The fourth-order valence-corrected chi connectivity index (χ4v) is 1.66. The van der Waals surface area contributed by atoms with E-state index < -0.39 is 12.0 Å². The second kappa shape index (κ2) is 6.49. The molecule has 1 aliphatic rings. The number of ether oxygens (including phenoxy) is 1. The fourth-order valence-electron chi connectivity index (χ4n) is 1.66. The van der Waals surface area contributed by atoms with E-state index in [9.17, 15) is 14.4 Å². The Hall–Kier alpha value is -1.43. The summed E-state index contributed by atoms with van der Waals surface area (Å²) in [4.78, 5) is 35.5. The number of carbonyl (C=O) groups is 3. The largest absolute Gasteiger partial charge is 0.463 e. The van der Waals surface area contributed by atoms with E-state index in [1.165, 1.54) is 0 Å². The molecule has 0 saturated carbocycles. The highest BCUT2D eigenvalue weighted by Gasteiger charge is 2.26. The summed E-state index contributed by atoms with van der Waals surface area (Å²) in [5.41, 5.74) is 5.61. The normalized spacial score (nSPS) is 18.1. The molecule has 1 aliphatic heterocycles. The molecule has 1 atom stereocenters. The lowest BCUT2D eigenvalue weighted by molar-refractivity contribution is -0.154. The van der Waals surface area contributed by atoms with Crippen molar-refractivity contribution in [2.75, 3.05) is 13.2 Å². The Balaban J connectivity index is 2.35. The number of hydrogen-bond donors (Lipinski definition) is 1. The van der Waals surface area contributed by atoms with Crippen LogP contribution in [0.4, 0.5) is 0 Å². The van der Waals surface area contributed by atoms with Crippen LogP contribution in [0.25, 0.3) is 0 Å². The molecule has 0 radical (unpaired) electrons. The Bertz CT molecular complexity index is 325. The molecule has 1 saturated heterocycles. The third-order valence-corrected chi connectivity index (χ3v) is 2.93. The number of hydrogen-bond acceptors (Lipinski definition) is 5. The zero-order chi connectivity index (χ0) is 13.7. The predicted octanol–water partition coefficient (Wildman–Crippen LogP) is 0.0520. The first-order valence-electron chi connectivity index (χ1n) is 6.19. The van der Waals surface area contributed by atoms with Crippen LogP contribution in [0, 0.1) is 5.92 Å². The van der Waals surface area contributed by atoms with E-state index in [0.717, 1.165) is 4.90 Å². The van der Waals surface area contributed by atoms with E-state index in [1.807, 2.05) is 13.8 Å². The summed E-state index contributed by atoms with van der Waals surface area (Å²) in [6.45, 7) is 3.78. The van der Waals surface area contributed by atoms with Gasteiger partial charge >= 0.3 is 5.97 Å². The van der Waals surface area contributed by atoms with Gasteiger partial charge in [0.1, 0.15) is 12.6 Å². The summed E-state index contributed by atoms with van der Waals surface area (Å²) >= 11 is 0. The number of imide groups is 1. The van der Waals surface area contributed by atoms with Crippen LogP contribution in [0.1, 0.15) is 33.1 Å². The van der Waals surface area contributed by atoms with Crippen molar-refractivity contribution in [3.8, 4) is 0 Å². The number of likely N-dealkylation sites (tertiary alicyclic amines) is 1. The highest BCUT2D eigenvalue weighted by molar-refractivity contribution is 5.97. The number of nitrogens with two attached hydrogens (primary N) is 1. The van der Waals surface area contributed by atoms with Gasteiger partial charge in [-0.1, -0.05) is 13.8 Å².